The molecule has 0 saturated heterocycles. The second-order valence-electron chi connectivity index (χ2n) is 5.57. The van der Waals surface area contributed by atoms with Crippen LogP contribution in [0.15, 0.2) is 53.9 Å². The third-order valence-corrected chi connectivity index (χ3v) is 5.24. The van der Waals surface area contributed by atoms with Crippen LogP contribution in [0.4, 0.5) is 0 Å². The highest BCUT2D eigenvalue weighted by Crippen LogP contribution is 2.22. The number of aromatic nitrogens is 3. The molecule has 0 unspecified atom stereocenters. The average Bonchev–Trinajstić information content (AvgIpc) is 3.08. The van der Waals surface area contributed by atoms with E-state index in [9.17, 15) is 4.79 Å². The van der Waals surface area contributed by atoms with E-state index in [2.05, 4.69) is 15.5 Å². The SMILES string of the molecule is Cc1ccccc1-n1cnnc1SCC(=O)NCc1ccc(Cl)cc1Cl. The van der Waals surface area contributed by atoms with Crippen LogP contribution in [-0.4, -0.2) is 26.4 Å². The number of rotatable bonds is 6. The normalized spacial score (nSPS) is 10.7. The van der Waals surface area contributed by atoms with Crippen LogP contribution in [0.2, 0.25) is 10.0 Å². The lowest BCUT2D eigenvalue weighted by Gasteiger charge is -2.09. The van der Waals surface area contributed by atoms with Gasteiger partial charge in [-0.05, 0) is 36.2 Å². The number of hydrogen-bond acceptors (Lipinski definition) is 4. The maximum Gasteiger partial charge on any atom is 0.230 e. The van der Waals surface area contributed by atoms with Gasteiger partial charge in [0.25, 0.3) is 0 Å². The van der Waals surface area contributed by atoms with Gasteiger partial charge >= 0.3 is 0 Å². The molecule has 3 aromatic rings. The van der Waals surface area contributed by atoms with Crippen molar-refractivity contribution in [2.24, 2.45) is 0 Å². The maximum absolute atomic E-state index is 12.1. The molecule has 0 aliphatic rings. The number of amides is 1. The number of halogens is 2. The molecule has 0 atom stereocenters. The molecule has 134 valence electrons. The van der Waals surface area contributed by atoms with Gasteiger partial charge in [-0.15, -0.1) is 10.2 Å². The highest BCUT2D eigenvalue weighted by molar-refractivity contribution is 7.99. The first-order valence-corrected chi connectivity index (χ1v) is 9.58. The van der Waals surface area contributed by atoms with Crippen molar-refractivity contribution in [1.29, 1.82) is 0 Å². The minimum atomic E-state index is -0.111. The lowest BCUT2D eigenvalue weighted by molar-refractivity contribution is -0.118. The van der Waals surface area contributed by atoms with Gasteiger partial charge in [-0.2, -0.15) is 0 Å². The third-order valence-electron chi connectivity index (χ3n) is 3.71. The molecular formula is C18H16Cl2N4OS. The van der Waals surface area contributed by atoms with Crippen molar-refractivity contribution in [2.45, 2.75) is 18.6 Å². The summed E-state index contributed by atoms with van der Waals surface area (Å²) in [4.78, 5) is 12.1. The van der Waals surface area contributed by atoms with Gasteiger partial charge in [-0.1, -0.05) is 59.2 Å². The van der Waals surface area contributed by atoms with Crippen molar-refractivity contribution in [1.82, 2.24) is 20.1 Å². The van der Waals surface area contributed by atoms with Gasteiger partial charge < -0.3 is 5.32 Å². The minimum absolute atomic E-state index is 0.111. The fourth-order valence-corrected chi connectivity index (χ4v) is 3.59. The smallest absolute Gasteiger partial charge is 0.230 e. The molecule has 26 heavy (non-hydrogen) atoms. The van der Waals surface area contributed by atoms with Crippen LogP contribution in [0, 0.1) is 6.92 Å². The Labute approximate surface area is 165 Å². The van der Waals surface area contributed by atoms with Crippen molar-refractivity contribution < 1.29 is 4.79 Å². The second kappa shape index (κ2) is 8.58. The summed E-state index contributed by atoms with van der Waals surface area (Å²) in [6.45, 7) is 2.37. The van der Waals surface area contributed by atoms with Gasteiger partial charge in [0, 0.05) is 16.6 Å². The van der Waals surface area contributed by atoms with Gasteiger partial charge in [0.05, 0.1) is 11.4 Å². The third kappa shape index (κ3) is 4.58. The standard InChI is InChI=1S/C18H16Cl2N4OS/c1-12-4-2-3-5-16(12)24-11-22-23-18(24)26-10-17(25)21-9-13-6-7-14(19)8-15(13)20/h2-8,11H,9-10H2,1H3,(H,21,25). The number of carbonyl (C=O) groups excluding carboxylic acids is 1. The summed E-state index contributed by atoms with van der Waals surface area (Å²) in [5.74, 6) is 0.121. The summed E-state index contributed by atoms with van der Waals surface area (Å²) in [6.07, 6.45) is 1.65. The van der Waals surface area contributed by atoms with E-state index in [1.165, 1.54) is 11.8 Å². The predicted molar refractivity (Wildman–Crippen MR) is 105 cm³/mol. The molecule has 1 aromatic heterocycles. The molecular weight excluding hydrogens is 391 g/mol. The fraction of sp³-hybridized carbons (Fsp3) is 0.167. The fourth-order valence-electron chi connectivity index (χ4n) is 2.36. The van der Waals surface area contributed by atoms with Crippen LogP contribution in [0.1, 0.15) is 11.1 Å². The summed E-state index contributed by atoms with van der Waals surface area (Å²) in [6, 6.07) is 13.1. The largest absolute Gasteiger partial charge is 0.351 e. The van der Waals surface area contributed by atoms with E-state index in [-0.39, 0.29) is 11.7 Å². The van der Waals surface area contributed by atoms with Crippen LogP contribution in [-0.2, 0) is 11.3 Å². The Morgan fingerprint density at radius 2 is 2.04 bits per heavy atom. The van der Waals surface area contributed by atoms with Crippen LogP contribution in [0.5, 0.6) is 0 Å². The van der Waals surface area contributed by atoms with Crippen LogP contribution >= 0.6 is 35.0 Å². The number of thioether (sulfide) groups is 1. The van der Waals surface area contributed by atoms with Gasteiger partial charge in [0.2, 0.25) is 5.91 Å². The molecule has 2 aromatic carbocycles. The van der Waals surface area contributed by atoms with Gasteiger partial charge in [0.1, 0.15) is 6.33 Å². The Bertz CT molecular complexity index is 929. The Kier molecular flexibility index (Phi) is 6.19. The van der Waals surface area contributed by atoms with Crippen LogP contribution < -0.4 is 5.32 Å². The maximum atomic E-state index is 12.1. The van der Waals surface area contributed by atoms with Crippen molar-refractivity contribution >= 4 is 40.9 Å². The molecule has 1 N–H and O–H groups in total. The molecule has 5 nitrogen and oxygen atoms in total. The summed E-state index contributed by atoms with van der Waals surface area (Å²) in [7, 11) is 0. The van der Waals surface area contributed by atoms with E-state index in [0.717, 1.165) is 16.8 Å². The van der Waals surface area contributed by atoms with Gasteiger partial charge in [0.15, 0.2) is 5.16 Å². The number of nitrogens with one attached hydrogen (secondary N) is 1. The number of carbonyl (C=O) groups is 1. The molecule has 8 heteroatoms. The number of hydrogen-bond donors (Lipinski definition) is 1. The Balaban J connectivity index is 1.59. The molecule has 0 fully saturated rings. The monoisotopic (exact) mass is 406 g/mol. The molecule has 1 amide bonds. The lowest BCUT2D eigenvalue weighted by Crippen LogP contribution is -2.24. The predicted octanol–water partition coefficient (Wildman–Crippen LogP) is 4.29. The van der Waals surface area contributed by atoms with E-state index in [1.807, 2.05) is 35.8 Å². The summed E-state index contributed by atoms with van der Waals surface area (Å²) in [5.41, 5.74) is 2.92. The Morgan fingerprint density at radius 1 is 1.23 bits per heavy atom. The molecule has 0 aliphatic carbocycles. The van der Waals surface area contributed by atoms with E-state index in [0.29, 0.717) is 21.7 Å². The van der Waals surface area contributed by atoms with Crippen molar-refractivity contribution in [2.75, 3.05) is 5.75 Å². The van der Waals surface area contributed by atoms with E-state index in [1.54, 1.807) is 24.5 Å². The second-order valence-corrected chi connectivity index (χ2v) is 7.36. The number of aryl methyl sites for hydroxylation is 1. The molecule has 0 bridgehead atoms. The van der Waals surface area contributed by atoms with Crippen molar-refractivity contribution in [3.8, 4) is 5.69 Å². The Hall–Kier alpha value is -2.02. The van der Waals surface area contributed by atoms with Gasteiger partial charge in [-0.3, -0.25) is 9.36 Å². The first-order valence-electron chi connectivity index (χ1n) is 7.84. The van der Waals surface area contributed by atoms with Crippen LogP contribution in [0.25, 0.3) is 5.69 Å². The van der Waals surface area contributed by atoms with E-state index >= 15 is 0 Å². The summed E-state index contributed by atoms with van der Waals surface area (Å²) in [5, 5.41) is 12.7. The quantitative estimate of drug-likeness (QED) is 0.620. The lowest BCUT2D eigenvalue weighted by atomic mass is 10.2. The minimum Gasteiger partial charge on any atom is -0.351 e. The summed E-state index contributed by atoms with van der Waals surface area (Å²) < 4.78 is 1.88. The number of nitrogens with zero attached hydrogens (tertiary/aromatic N) is 3. The van der Waals surface area contributed by atoms with Crippen molar-refractivity contribution in [3.05, 3.63) is 70.0 Å². The molecule has 1 heterocycles. The molecule has 0 aliphatic heterocycles. The molecule has 3 rings (SSSR count). The first-order chi connectivity index (χ1) is 12.5. The Morgan fingerprint density at radius 3 is 2.81 bits per heavy atom. The van der Waals surface area contributed by atoms with E-state index in [4.69, 9.17) is 23.2 Å². The zero-order chi connectivity index (χ0) is 18.5. The van der Waals surface area contributed by atoms with Crippen molar-refractivity contribution in [3.63, 3.8) is 0 Å². The highest BCUT2D eigenvalue weighted by Gasteiger charge is 2.12. The molecule has 0 radical (unpaired) electrons. The summed E-state index contributed by atoms with van der Waals surface area (Å²) >= 11 is 13.3. The molecule has 0 saturated carbocycles. The number of para-hydroxylation sites is 1. The average molecular weight is 407 g/mol. The van der Waals surface area contributed by atoms with Crippen LogP contribution in [0.3, 0.4) is 0 Å². The highest BCUT2D eigenvalue weighted by atomic mass is 35.5. The molecule has 0 spiro atoms. The zero-order valence-corrected chi connectivity index (χ0v) is 16.3. The van der Waals surface area contributed by atoms with Gasteiger partial charge in [-0.25, -0.2) is 0 Å². The topological polar surface area (TPSA) is 59.8 Å². The number of benzene rings is 2. The zero-order valence-electron chi connectivity index (χ0n) is 13.9. The van der Waals surface area contributed by atoms with E-state index < -0.39 is 0 Å². The first kappa shape index (κ1) is 18.8.